The zero-order valence-corrected chi connectivity index (χ0v) is 14.4. The van der Waals surface area contributed by atoms with E-state index in [1.54, 1.807) is 0 Å². The minimum Gasteiger partial charge on any atom is -0.353 e. The maximum atomic E-state index is 13.0. The largest absolute Gasteiger partial charge is 0.353 e. The highest BCUT2D eigenvalue weighted by Crippen LogP contribution is 2.24. The molecule has 0 radical (unpaired) electrons. The van der Waals surface area contributed by atoms with Crippen LogP contribution in [0.2, 0.25) is 0 Å². The van der Waals surface area contributed by atoms with Crippen molar-refractivity contribution in [2.45, 2.75) is 39.7 Å². The Bertz CT molecular complexity index is 793. The van der Waals surface area contributed by atoms with E-state index in [4.69, 9.17) is 0 Å². The van der Waals surface area contributed by atoms with Gasteiger partial charge in [0.2, 0.25) is 5.91 Å². The number of pyridine rings is 1. The van der Waals surface area contributed by atoms with Crippen molar-refractivity contribution in [2.24, 2.45) is 0 Å². The summed E-state index contributed by atoms with van der Waals surface area (Å²) in [6, 6.07) is 8.00. The highest BCUT2D eigenvalue weighted by atomic mass is 16.2. The molecule has 3 rings (SSSR count). The number of para-hydroxylation sites is 1. The fourth-order valence-electron chi connectivity index (χ4n) is 3.38. The molecule has 2 aromatic rings. The van der Waals surface area contributed by atoms with Crippen LogP contribution in [-0.2, 0) is 4.79 Å². The van der Waals surface area contributed by atoms with Gasteiger partial charge in [0.05, 0.1) is 11.1 Å². The molecule has 1 aliphatic rings. The molecule has 5 heteroatoms. The number of hydrogen-bond acceptors (Lipinski definition) is 3. The first-order valence-electron chi connectivity index (χ1n) is 8.39. The summed E-state index contributed by atoms with van der Waals surface area (Å²) in [5.41, 5.74) is 3.55. The van der Waals surface area contributed by atoms with Gasteiger partial charge in [-0.05, 0) is 38.3 Å². The molecule has 1 N–H and O–H groups in total. The van der Waals surface area contributed by atoms with Crippen molar-refractivity contribution in [2.75, 3.05) is 13.1 Å². The van der Waals surface area contributed by atoms with E-state index in [1.807, 2.05) is 43.0 Å². The second kappa shape index (κ2) is 6.59. The van der Waals surface area contributed by atoms with Gasteiger partial charge in [-0.15, -0.1) is 0 Å². The normalized spacial score (nSPS) is 15.5. The van der Waals surface area contributed by atoms with Gasteiger partial charge >= 0.3 is 0 Å². The lowest BCUT2D eigenvalue weighted by atomic mass is 10.0. The van der Waals surface area contributed by atoms with Crippen molar-refractivity contribution in [1.29, 1.82) is 0 Å². The first-order chi connectivity index (χ1) is 11.5. The molecule has 24 heavy (non-hydrogen) atoms. The molecule has 2 heterocycles. The molecule has 5 nitrogen and oxygen atoms in total. The molecule has 1 aliphatic heterocycles. The predicted molar refractivity (Wildman–Crippen MR) is 94.0 cm³/mol. The number of benzene rings is 1. The van der Waals surface area contributed by atoms with Crippen LogP contribution >= 0.6 is 0 Å². The average Bonchev–Trinajstić information content (AvgIpc) is 2.54. The van der Waals surface area contributed by atoms with E-state index in [9.17, 15) is 9.59 Å². The molecule has 0 aliphatic carbocycles. The van der Waals surface area contributed by atoms with Crippen molar-refractivity contribution in [1.82, 2.24) is 15.2 Å². The number of carbonyl (C=O) groups excluding carboxylic acids is 2. The third-order valence-corrected chi connectivity index (χ3v) is 4.59. The van der Waals surface area contributed by atoms with E-state index in [1.165, 1.54) is 6.92 Å². The summed E-state index contributed by atoms with van der Waals surface area (Å²) in [5.74, 6) is 0.0448. The number of nitrogens with zero attached hydrogens (tertiary/aromatic N) is 2. The fraction of sp³-hybridized carbons (Fsp3) is 0.421. The number of likely N-dealkylation sites (tertiary alicyclic amines) is 1. The highest BCUT2D eigenvalue weighted by molar-refractivity contribution is 6.06. The number of nitrogens with one attached hydrogen (secondary N) is 1. The molecule has 1 aromatic heterocycles. The average molecular weight is 325 g/mol. The molecule has 0 bridgehead atoms. The molecule has 0 spiro atoms. The Morgan fingerprint density at radius 3 is 2.58 bits per heavy atom. The number of aryl methyl sites for hydroxylation is 2. The molecular weight excluding hydrogens is 302 g/mol. The van der Waals surface area contributed by atoms with Gasteiger partial charge in [0.15, 0.2) is 0 Å². The van der Waals surface area contributed by atoms with Gasteiger partial charge in [0.25, 0.3) is 5.91 Å². The maximum Gasteiger partial charge on any atom is 0.254 e. The summed E-state index contributed by atoms with van der Waals surface area (Å²) in [7, 11) is 0. The number of fused-ring (bicyclic) bond motifs is 1. The van der Waals surface area contributed by atoms with Crippen molar-refractivity contribution >= 4 is 22.7 Å². The summed E-state index contributed by atoms with van der Waals surface area (Å²) < 4.78 is 0. The third kappa shape index (κ3) is 3.25. The molecule has 2 amide bonds. The van der Waals surface area contributed by atoms with Crippen LogP contribution in [0.15, 0.2) is 24.3 Å². The number of rotatable bonds is 2. The summed E-state index contributed by atoms with van der Waals surface area (Å²) >= 11 is 0. The molecule has 0 atom stereocenters. The van der Waals surface area contributed by atoms with Gasteiger partial charge < -0.3 is 10.2 Å². The van der Waals surface area contributed by atoms with E-state index in [0.29, 0.717) is 13.1 Å². The highest BCUT2D eigenvalue weighted by Gasteiger charge is 2.25. The monoisotopic (exact) mass is 325 g/mol. The lowest BCUT2D eigenvalue weighted by Crippen LogP contribution is -2.46. The second-order valence-electron chi connectivity index (χ2n) is 6.55. The number of aromatic nitrogens is 1. The predicted octanol–water partition coefficient (Wildman–Crippen LogP) is 2.59. The molecule has 0 unspecified atom stereocenters. The smallest absolute Gasteiger partial charge is 0.254 e. The van der Waals surface area contributed by atoms with E-state index >= 15 is 0 Å². The van der Waals surface area contributed by atoms with Crippen molar-refractivity contribution in [3.8, 4) is 0 Å². The molecule has 1 aromatic carbocycles. The van der Waals surface area contributed by atoms with Crippen LogP contribution in [0.1, 0.15) is 41.4 Å². The van der Waals surface area contributed by atoms with Crippen LogP contribution in [0.25, 0.3) is 10.9 Å². The van der Waals surface area contributed by atoms with E-state index in [-0.39, 0.29) is 17.9 Å². The second-order valence-corrected chi connectivity index (χ2v) is 6.55. The SMILES string of the molecule is CC(=O)NC1CCN(C(=O)c2cc(C)nc3c(C)cccc23)CC1. The Hall–Kier alpha value is -2.43. The Morgan fingerprint density at radius 1 is 1.21 bits per heavy atom. The van der Waals surface area contributed by atoms with E-state index < -0.39 is 0 Å². The zero-order valence-electron chi connectivity index (χ0n) is 14.4. The van der Waals surface area contributed by atoms with Crippen LogP contribution in [0, 0.1) is 13.8 Å². The van der Waals surface area contributed by atoms with E-state index in [2.05, 4.69) is 10.3 Å². The molecule has 0 saturated carbocycles. The van der Waals surface area contributed by atoms with Crippen molar-refractivity contribution in [3.63, 3.8) is 0 Å². The van der Waals surface area contributed by atoms with Gasteiger partial charge in [0.1, 0.15) is 0 Å². The van der Waals surface area contributed by atoms with Crippen LogP contribution in [0.3, 0.4) is 0 Å². The van der Waals surface area contributed by atoms with Gasteiger partial charge in [-0.3, -0.25) is 14.6 Å². The summed E-state index contributed by atoms with van der Waals surface area (Å²) in [6.45, 7) is 6.80. The first-order valence-corrected chi connectivity index (χ1v) is 8.39. The number of carbonyl (C=O) groups is 2. The van der Waals surface area contributed by atoms with Crippen LogP contribution in [0.5, 0.6) is 0 Å². The van der Waals surface area contributed by atoms with E-state index in [0.717, 1.165) is 40.6 Å². The topological polar surface area (TPSA) is 62.3 Å². The van der Waals surface area contributed by atoms with Crippen molar-refractivity contribution < 1.29 is 9.59 Å². The van der Waals surface area contributed by atoms with Crippen LogP contribution < -0.4 is 5.32 Å². The van der Waals surface area contributed by atoms with Gasteiger partial charge in [-0.2, -0.15) is 0 Å². The molecule has 126 valence electrons. The lowest BCUT2D eigenvalue weighted by Gasteiger charge is -2.32. The van der Waals surface area contributed by atoms with Gasteiger partial charge in [-0.25, -0.2) is 0 Å². The molecule has 1 fully saturated rings. The maximum absolute atomic E-state index is 13.0. The number of piperidine rings is 1. The standard InChI is InChI=1S/C19H23N3O2/c1-12-5-4-6-16-17(11-13(2)20-18(12)16)19(24)22-9-7-15(8-10-22)21-14(3)23/h4-6,11,15H,7-10H2,1-3H3,(H,21,23). The number of amides is 2. The molecule has 1 saturated heterocycles. The Morgan fingerprint density at radius 2 is 1.92 bits per heavy atom. The van der Waals surface area contributed by atoms with Crippen LogP contribution in [-0.4, -0.2) is 40.8 Å². The number of hydrogen-bond donors (Lipinski definition) is 1. The zero-order chi connectivity index (χ0) is 17.3. The van der Waals surface area contributed by atoms with Crippen LogP contribution in [0.4, 0.5) is 0 Å². The minimum atomic E-state index is -0.00833. The Labute approximate surface area is 142 Å². The Kier molecular flexibility index (Phi) is 4.51. The Balaban J connectivity index is 1.85. The van der Waals surface area contributed by atoms with Gasteiger partial charge in [-0.1, -0.05) is 18.2 Å². The van der Waals surface area contributed by atoms with Crippen molar-refractivity contribution in [3.05, 3.63) is 41.1 Å². The lowest BCUT2D eigenvalue weighted by molar-refractivity contribution is -0.119. The third-order valence-electron chi connectivity index (χ3n) is 4.59. The fourth-order valence-corrected chi connectivity index (χ4v) is 3.38. The molecular formula is C19H23N3O2. The quantitative estimate of drug-likeness (QED) is 0.923. The summed E-state index contributed by atoms with van der Waals surface area (Å²) in [6.07, 6.45) is 1.60. The summed E-state index contributed by atoms with van der Waals surface area (Å²) in [4.78, 5) is 30.7. The minimum absolute atomic E-state index is 0.00833. The van der Waals surface area contributed by atoms with Gasteiger partial charge in [0, 0.05) is 37.1 Å². The first kappa shape index (κ1) is 16.4. The summed E-state index contributed by atoms with van der Waals surface area (Å²) in [5, 5.41) is 3.85.